The van der Waals surface area contributed by atoms with Crippen LogP contribution in [0.2, 0.25) is 0 Å². The van der Waals surface area contributed by atoms with Crippen molar-refractivity contribution in [2.45, 2.75) is 11.3 Å². The van der Waals surface area contributed by atoms with Crippen LogP contribution in [-0.2, 0) is 6.42 Å². The van der Waals surface area contributed by atoms with Gasteiger partial charge >= 0.3 is 0 Å². The van der Waals surface area contributed by atoms with Gasteiger partial charge in [-0.2, -0.15) is 0 Å². The molecule has 0 saturated heterocycles. The predicted octanol–water partition coefficient (Wildman–Crippen LogP) is 3.42. The third kappa shape index (κ3) is 2.71. The molecule has 3 aromatic rings. The highest BCUT2D eigenvalue weighted by Crippen LogP contribution is 2.29. The Hall–Kier alpha value is -2.47. The summed E-state index contributed by atoms with van der Waals surface area (Å²) in [5.41, 5.74) is 2.49. The minimum atomic E-state index is -0.443. The number of fused-ring (bicyclic) bond motifs is 1. The van der Waals surface area contributed by atoms with Crippen LogP contribution >= 0.6 is 12.6 Å². The number of nitro groups is 1. The van der Waals surface area contributed by atoms with Crippen molar-refractivity contribution in [1.29, 1.82) is 0 Å². The first-order valence-corrected chi connectivity index (χ1v) is 6.75. The van der Waals surface area contributed by atoms with Crippen molar-refractivity contribution in [1.82, 2.24) is 9.97 Å². The topological polar surface area (TPSA) is 68.9 Å². The second-order valence-corrected chi connectivity index (χ2v) is 5.08. The van der Waals surface area contributed by atoms with Crippen LogP contribution in [0.5, 0.6) is 0 Å². The molecule has 0 unspecified atom stereocenters. The molecule has 104 valence electrons. The number of hydrogen-bond acceptors (Lipinski definition) is 5. The Kier molecular flexibility index (Phi) is 3.53. The van der Waals surface area contributed by atoms with Crippen molar-refractivity contribution in [2.75, 3.05) is 0 Å². The molecule has 0 atom stereocenters. The van der Waals surface area contributed by atoms with Gasteiger partial charge in [0.25, 0.3) is 5.69 Å². The van der Waals surface area contributed by atoms with Gasteiger partial charge in [0.1, 0.15) is 6.33 Å². The smallest absolute Gasteiger partial charge is 0.258 e. The Labute approximate surface area is 126 Å². The summed E-state index contributed by atoms with van der Waals surface area (Å²) in [6, 6.07) is 12.9. The van der Waals surface area contributed by atoms with Gasteiger partial charge in [-0.15, -0.1) is 12.6 Å². The SMILES string of the molecule is O=[N+]([O-])c1cc2c(Cc3ccccc3)ncnc2cc1S. The second kappa shape index (κ2) is 5.49. The predicted molar refractivity (Wildman–Crippen MR) is 82.7 cm³/mol. The highest BCUT2D eigenvalue weighted by atomic mass is 32.1. The van der Waals surface area contributed by atoms with Crippen LogP contribution in [0, 0.1) is 10.1 Å². The molecule has 5 nitrogen and oxygen atoms in total. The van der Waals surface area contributed by atoms with E-state index in [9.17, 15) is 10.1 Å². The third-order valence-electron chi connectivity index (χ3n) is 3.23. The third-order valence-corrected chi connectivity index (χ3v) is 3.58. The number of hydrogen-bond donors (Lipinski definition) is 1. The fourth-order valence-corrected chi connectivity index (χ4v) is 2.48. The van der Waals surface area contributed by atoms with Crippen LogP contribution in [-0.4, -0.2) is 14.9 Å². The van der Waals surface area contributed by atoms with Gasteiger partial charge in [-0.1, -0.05) is 30.3 Å². The number of aromatic nitrogens is 2. The maximum Gasteiger partial charge on any atom is 0.283 e. The highest BCUT2D eigenvalue weighted by molar-refractivity contribution is 7.80. The summed E-state index contributed by atoms with van der Waals surface area (Å²) in [5, 5.41) is 11.7. The van der Waals surface area contributed by atoms with Crippen LogP contribution in [0.4, 0.5) is 5.69 Å². The van der Waals surface area contributed by atoms with E-state index in [0.29, 0.717) is 22.2 Å². The van der Waals surface area contributed by atoms with E-state index in [1.807, 2.05) is 30.3 Å². The van der Waals surface area contributed by atoms with Gasteiger partial charge in [0.15, 0.2) is 0 Å². The standard InChI is InChI=1S/C15H11N3O2S/c19-18(20)14-7-11-12(6-10-4-2-1-3-5-10)16-9-17-13(11)8-15(14)21/h1-5,7-9,21H,6H2. The zero-order chi connectivity index (χ0) is 14.8. The molecular formula is C15H11N3O2S. The lowest BCUT2D eigenvalue weighted by Crippen LogP contribution is -1.97. The van der Waals surface area contributed by atoms with Gasteiger partial charge in [0.2, 0.25) is 0 Å². The lowest BCUT2D eigenvalue weighted by molar-refractivity contribution is -0.387. The van der Waals surface area contributed by atoms with E-state index in [1.54, 1.807) is 6.07 Å². The molecule has 0 spiro atoms. The van der Waals surface area contributed by atoms with Gasteiger partial charge in [0, 0.05) is 17.9 Å². The van der Waals surface area contributed by atoms with Crippen molar-refractivity contribution in [3.8, 4) is 0 Å². The van der Waals surface area contributed by atoms with E-state index in [1.165, 1.54) is 12.4 Å². The van der Waals surface area contributed by atoms with Crippen LogP contribution in [0.3, 0.4) is 0 Å². The average molecular weight is 297 g/mol. The molecule has 0 amide bonds. The molecule has 0 radical (unpaired) electrons. The fourth-order valence-electron chi connectivity index (χ4n) is 2.21. The molecule has 3 rings (SSSR count). The molecule has 2 aromatic carbocycles. The fraction of sp³-hybridized carbons (Fsp3) is 0.0667. The Bertz CT molecular complexity index is 822. The van der Waals surface area contributed by atoms with E-state index >= 15 is 0 Å². The maximum atomic E-state index is 11.1. The van der Waals surface area contributed by atoms with E-state index in [-0.39, 0.29) is 5.69 Å². The van der Waals surface area contributed by atoms with E-state index in [4.69, 9.17) is 0 Å². The number of rotatable bonds is 3. The lowest BCUT2D eigenvalue weighted by atomic mass is 10.1. The molecule has 0 bridgehead atoms. The highest BCUT2D eigenvalue weighted by Gasteiger charge is 2.15. The van der Waals surface area contributed by atoms with E-state index in [2.05, 4.69) is 22.6 Å². The molecule has 6 heteroatoms. The quantitative estimate of drug-likeness (QED) is 0.457. The van der Waals surface area contributed by atoms with Crippen LogP contribution in [0.1, 0.15) is 11.3 Å². The molecule has 0 aliphatic heterocycles. The molecule has 1 heterocycles. The Morgan fingerprint density at radius 2 is 1.90 bits per heavy atom. The van der Waals surface area contributed by atoms with Gasteiger partial charge in [-0.3, -0.25) is 10.1 Å². The first-order valence-electron chi connectivity index (χ1n) is 6.30. The summed E-state index contributed by atoms with van der Waals surface area (Å²) >= 11 is 4.14. The van der Waals surface area contributed by atoms with Gasteiger partial charge in [-0.25, -0.2) is 9.97 Å². The summed E-state index contributed by atoms with van der Waals surface area (Å²) in [6.07, 6.45) is 2.07. The number of benzene rings is 2. The van der Waals surface area contributed by atoms with Crippen molar-refractivity contribution in [2.24, 2.45) is 0 Å². The molecule has 0 saturated carbocycles. The van der Waals surface area contributed by atoms with Gasteiger partial charge in [0.05, 0.1) is 21.0 Å². The van der Waals surface area contributed by atoms with Crippen LogP contribution in [0.15, 0.2) is 53.7 Å². The normalized spacial score (nSPS) is 10.7. The maximum absolute atomic E-state index is 11.1. The Balaban J connectivity index is 2.14. The van der Waals surface area contributed by atoms with E-state index < -0.39 is 4.92 Å². The zero-order valence-corrected chi connectivity index (χ0v) is 11.8. The minimum Gasteiger partial charge on any atom is -0.258 e. The van der Waals surface area contributed by atoms with Crippen LogP contribution < -0.4 is 0 Å². The van der Waals surface area contributed by atoms with Crippen molar-refractivity contribution in [3.63, 3.8) is 0 Å². The number of nitro benzene ring substituents is 1. The molecule has 21 heavy (non-hydrogen) atoms. The summed E-state index contributed by atoms with van der Waals surface area (Å²) in [5.74, 6) is 0. The molecule has 1 aromatic heterocycles. The zero-order valence-electron chi connectivity index (χ0n) is 10.9. The summed E-state index contributed by atoms with van der Waals surface area (Å²) in [4.78, 5) is 19.3. The van der Waals surface area contributed by atoms with Crippen molar-refractivity contribution >= 4 is 29.2 Å². The second-order valence-electron chi connectivity index (χ2n) is 4.60. The molecule has 0 N–H and O–H groups in total. The summed E-state index contributed by atoms with van der Waals surface area (Å²) in [6.45, 7) is 0. The van der Waals surface area contributed by atoms with Crippen molar-refractivity contribution < 1.29 is 4.92 Å². The van der Waals surface area contributed by atoms with Gasteiger partial charge < -0.3 is 0 Å². The Morgan fingerprint density at radius 3 is 2.62 bits per heavy atom. The monoisotopic (exact) mass is 297 g/mol. The number of nitrogens with zero attached hydrogens (tertiary/aromatic N) is 3. The summed E-state index contributed by atoms with van der Waals surface area (Å²) in [7, 11) is 0. The first kappa shape index (κ1) is 13.5. The van der Waals surface area contributed by atoms with Crippen LogP contribution in [0.25, 0.3) is 10.9 Å². The van der Waals surface area contributed by atoms with Crippen molar-refractivity contribution in [3.05, 3.63) is 70.2 Å². The van der Waals surface area contributed by atoms with Gasteiger partial charge in [-0.05, 0) is 11.6 Å². The first-order chi connectivity index (χ1) is 10.1. The average Bonchev–Trinajstić information content (AvgIpc) is 2.47. The summed E-state index contributed by atoms with van der Waals surface area (Å²) < 4.78 is 0. The largest absolute Gasteiger partial charge is 0.283 e. The number of thiol groups is 1. The van der Waals surface area contributed by atoms with E-state index in [0.717, 1.165) is 11.3 Å². The molecular weight excluding hydrogens is 286 g/mol. The lowest BCUT2D eigenvalue weighted by Gasteiger charge is -2.06. The Morgan fingerprint density at radius 1 is 1.14 bits per heavy atom. The minimum absolute atomic E-state index is 0.0325. The molecule has 0 aliphatic rings. The molecule has 0 aliphatic carbocycles. The molecule has 0 fully saturated rings.